The van der Waals surface area contributed by atoms with Crippen molar-refractivity contribution in [2.45, 2.75) is 83.5 Å². The van der Waals surface area contributed by atoms with Crippen molar-refractivity contribution < 1.29 is 33.3 Å². The Hall–Kier alpha value is -1.81. The number of Topliss-reactive ketones (excluding diaryl/α,β-unsaturated/α-hetero) is 1. The second-order valence-corrected chi connectivity index (χ2v) is 14.0. The molecule has 3 fully saturated rings. The standard InChI is InChI=1S/C29H39BO7S/c1-6-27(4)14-23(37-24(32)16-38(35)20-8-7-19-15-36-30(34)21(19)13-20)28(5)17(2)9-11-29(18(3)26(27)33)12-10-22(31)25(28)29/h6-8,13,17-18,23,25-26,33-34H,1,9-12,14-16H2,2-5H3/t17-,18-,23+,25-,26-,27+,28-,29-,38-/m0/s1. The van der Waals surface area contributed by atoms with Crippen molar-refractivity contribution in [3.63, 3.8) is 0 Å². The molecule has 0 aromatic heterocycles. The Morgan fingerprint density at radius 2 is 2.05 bits per heavy atom. The van der Waals surface area contributed by atoms with Gasteiger partial charge in [-0.3, -0.25) is 13.8 Å². The molecule has 7 nitrogen and oxygen atoms in total. The molecule has 9 heteroatoms. The van der Waals surface area contributed by atoms with Crippen molar-refractivity contribution in [2.75, 3.05) is 5.75 Å². The minimum absolute atomic E-state index is 0.0999. The van der Waals surface area contributed by atoms with Crippen LogP contribution in [0.5, 0.6) is 0 Å². The molecule has 2 N–H and O–H groups in total. The minimum Gasteiger partial charge on any atom is -0.461 e. The van der Waals surface area contributed by atoms with Crippen LogP contribution >= 0.6 is 0 Å². The first kappa shape index (κ1) is 27.8. The molecule has 1 aromatic rings. The lowest BCUT2D eigenvalue weighted by Gasteiger charge is -2.61. The van der Waals surface area contributed by atoms with Crippen molar-refractivity contribution >= 4 is 35.1 Å². The summed E-state index contributed by atoms with van der Waals surface area (Å²) in [6.07, 6.45) is 3.70. The van der Waals surface area contributed by atoms with Crippen molar-refractivity contribution in [2.24, 2.45) is 34.0 Å². The quantitative estimate of drug-likeness (QED) is 0.335. The maximum absolute atomic E-state index is 13.5. The number of fused-ring (bicyclic) bond motifs is 1. The van der Waals surface area contributed by atoms with Gasteiger partial charge >= 0.3 is 13.1 Å². The zero-order valence-corrected chi connectivity index (χ0v) is 23.6. The monoisotopic (exact) mass is 542 g/mol. The maximum Gasteiger partial charge on any atom is 0.491 e. The lowest BCUT2D eigenvalue weighted by atomic mass is 9.44. The van der Waals surface area contributed by atoms with E-state index in [4.69, 9.17) is 9.39 Å². The van der Waals surface area contributed by atoms with E-state index in [0.29, 0.717) is 23.2 Å². The number of carbonyl (C=O) groups is 2. The fourth-order valence-electron chi connectivity index (χ4n) is 8.22. The number of benzene rings is 1. The highest BCUT2D eigenvalue weighted by molar-refractivity contribution is 7.85. The molecule has 0 amide bonds. The molecule has 206 valence electrons. The Labute approximate surface area is 228 Å². The van der Waals surface area contributed by atoms with Gasteiger partial charge in [0.05, 0.1) is 23.5 Å². The summed E-state index contributed by atoms with van der Waals surface area (Å²) < 4.78 is 24.6. The molecule has 9 atom stereocenters. The van der Waals surface area contributed by atoms with E-state index < -0.39 is 46.9 Å². The van der Waals surface area contributed by atoms with Gasteiger partial charge in [-0.1, -0.05) is 39.8 Å². The molecule has 1 aromatic carbocycles. The van der Waals surface area contributed by atoms with Gasteiger partial charge < -0.3 is 19.5 Å². The van der Waals surface area contributed by atoms with Gasteiger partial charge in [-0.25, -0.2) is 0 Å². The number of ether oxygens (including phenoxy) is 1. The fraction of sp³-hybridized carbons (Fsp3) is 0.655. The average molecular weight is 543 g/mol. The van der Waals surface area contributed by atoms with Gasteiger partial charge in [0.15, 0.2) is 0 Å². The summed E-state index contributed by atoms with van der Waals surface area (Å²) in [7, 11) is -2.75. The second kappa shape index (κ2) is 9.68. The van der Waals surface area contributed by atoms with E-state index in [2.05, 4.69) is 27.4 Å². The van der Waals surface area contributed by atoms with Crippen LogP contribution in [0.15, 0.2) is 35.7 Å². The van der Waals surface area contributed by atoms with Crippen LogP contribution in [0, 0.1) is 34.0 Å². The van der Waals surface area contributed by atoms with E-state index in [1.54, 1.807) is 24.3 Å². The zero-order valence-electron chi connectivity index (χ0n) is 22.8. The summed E-state index contributed by atoms with van der Waals surface area (Å²) in [4.78, 5) is 27.3. The number of rotatable bonds is 5. The van der Waals surface area contributed by atoms with E-state index in [-0.39, 0.29) is 41.3 Å². The fourth-order valence-corrected chi connectivity index (χ4v) is 9.15. The van der Waals surface area contributed by atoms with Crippen molar-refractivity contribution in [1.29, 1.82) is 0 Å². The van der Waals surface area contributed by atoms with Gasteiger partial charge in [0.25, 0.3) is 0 Å². The van der Waals surface area contributed by atoms with Crippen LogP contribution < -0.4 is 5.46 Å². The summed E-state index contributed by atoms with van der Waals surface area (Å²) >= 11 is 0. The van der Waals surface area contributed by atoms with Crippen molar-refractivity contribution in [1.82, 2.24) is 0 Å². The van der Waals surface area contributed by atoms with Gasteiger partial charge in [0.2, 0.25) is 0 Å². The predicted octanol–water partition coefficient (Wildman–Crippen LogP) is 2.92. The molecule has 0 unspecified atom stereocenters. The van der Waals surface area contributed by atoms with Gasteiger partial charge in [0, 0.05) is 28.1 Å². The molecule has 2 bridgehead atoms. The minimum atomic E-state index is -1.69. The summed E-state index contributed by atoms with van der Waals surface area (Å²) in [5.41, 5.74) is -0.286. The Kier molecular flexibility index (Phi) is 7.07. The predicted molar refractivity (Wildman–Crippen MR) is 145 cm³/mol. The third kappa shape index (κ3) is 4.07. The van der Waals surface area contributed by atoms with E-state index in [1.165, 1.54) is 0 Å². The number of aliphatic hydroxyl groups is 1. The van der Waals surface area contributed by atoms with Gasteiger partial charge in [0.1, 0.15) is 17.6 Å². The first-order chi connectivity index (χ1) is 17.9. The zero-order chi connectivity index (χ0) is 27.6. The molecule has 1 heterocycles. The first-order valence-electron chi connectivity index (χ1n) is 13.7. The van der Waals surface area contributed by atoms with Crippen LogP contribution in [0.4, 0.5) is 0 Å². The Morgan fingerprint density at radius 1 is 1.32 bits per heavy atom. The van der Waals surface area contributed by atoms with E-state index in [0.717, 1.165) is 24.8 Å². The van der Waals surface area contributed by atoms with E-state index >= 15 is 0 Å². The SMILES string of the molecule is C=C[C@]1(C)C[C@@H](OC(=O)C[S@](=O)c2ccc3c(c2)B(O)OC3)[C@@]2(C)[C@@H]3C(=O)CC[C@@]3(CC[C@@H]2C)[C@@H](C)[C@@H]1O. The largest absolute Gasteiger partial charge is 0.491 e. The molecule has 0 radical (unpaired) electrons. The first-order valence-corrected chi connectivity index (χ1v) is 15.0. The molecular formula is C29H39BO7S. The van der Waals surface area contributed by atoms with Gasteiger partial charge in [-0.05, 0) is 66.1 Å². The van der Waals surface area contributed by atoms with Crippen LogP contribution in [-0.2, 0) is 36.4 Å². The molecule has 38 heavy (non-hydrogen) atoms. The van der Waals surface area contributed by atoms with Crippen molar-refractivity contribution in [3.8, 4) is 0 Å². The van der Waals surface area contributed by atoms with Crippen LogP contribution in [0.25, 0.3) is 0 Å². The number of hydrogen-bond donors (Lipinski definition) is 2. The second-order valence-electron chi connectivity index (χ2n) is 12.6. The molecular weight excluding hydrogens is 503 g/mol. The highest BCUT2D eigenvalue weighted by Crippen LogP contribution is 2.68. The summed E-state index contributed by atoms with van der Waals surface area (Å²) in [5.74, 6) is -1.03. The summed E-state index contributed by atoms with van der Waals surface area (Å²) in [6, 6.07) is 5.06. The maximum atomic E-state index is 13.5. The summed E-state index contributed by atoms with van der Waals surface area (Å²) in [5, 5.41) is 21.6. The lowest BCUT2D eigenvalue weighted by molar-refractivity contribution is -0.205. The highest BCUT2D eigenvalue weighted by Gasteiger charge is 2.68. The van der Waals surface area contributed by atoms with Crippen molar-refractivity contribution in [3.05, 3.63) is 36.4 Å². The number of carbonyl (C=O) groups excluding carboxylic acids is 2. The van der Waals surface area contributed by atoms with Gasteiger partial charge in [-0.15, -0.1) is 6.58 Å². The molecule has 3 saturated carbocycles. The smallest absolute Gasteiger partial charge is 0.461 e. The molecule has 5 rings (SSSR count). The van der Waals surface area contributed by atoms with E-state index in [9.17, 15) is 23.9 Å². The van der Waals surface area contributed by atoms with Crippen LogP contribution in [0.3, 0.4) is 0 Å². The molecule has 0 saturated heterocycles. The number of aliphatic hydroxyl groups excluding tert-OH is 1. The Morgan fingerprint density at radius 3 is 2.76 bits per heavy atom. The van der Waals surface area contributed by atoms with Crippen LogP contribution in [-0.4, -0.2) is 51.2 Å². The summed E-state index contributed by atoms with van der Waals surface area (Å²) in [6.45, 7) is 12.6. The number of ketones is 1. The molecule has 4 aliphatic rings. The normalized spacial score (nSPS) is 41.1. The average Bonchev–Trinajstić information content (AvgIpc) is 3.44. The third-order valence-electron chi connectivity index (χ3n) is 10.9. The van der Waals surface area contributed by atoms with Crippen LogP contribution in [0.2, 0.25) is 0 Å². The molecule has 3 aliphatic carbocycles. The molecule has 0 spiro atoms. The van der Waals surface area contributed by atoms with E-state index in [1.807, 2.05) is 6.92 Å². The Bertz CT molecular complexity index is 1190. The third-order valence-corrected chi connectivity index (χ3v) is 12.1. The Balaban J connectivity index is 1.46. The number of esters is 1. The highest BCUT2D eigenvalue weighted by atomic mass is 32.2. The van der Waals surface area contributed by atoms with Gasteiger partial charge in [-0.2, -0.15) is 0 Å². The lowest BCUT2D eigenvalue weighted by Crippen LogP contribution is -2.63. The number of hydrogen-bond acceptors (Lipinski definition) is 7. The van der Waals surface area contributed by atoms with Crippen LogP contribution in [0.1, 0.15) is 65.4 Å². The topological polar surface area (TPSA) is 110 Å². The molecule has 1 aliphatic heterocycles.